The number of carboxylic acids is 1. The van der Waals surface area contributed by atoms with Gasteiger partial charge in [-0.05, 0) is 43.4 Å². The molecule has 0 spiro atoms. The smallest absolute Gasteiger partial charge is 0.303 e. The highest BCUT2D eigenvalue weighted by Crippen LogP contribution is 2.57. The molecule has 3 unspecified atom stereocenters. The maximum absolute atomic E-state index is 12.5. The van der Waals surface area contributed by atoms with E-state index < -0.39 is 5.97 Å². The lowest BCUT2D eigenvalue weighted by Crippen LogP contribution is -2.38. The highest BCUT2D eigenvalue weighted by Gasteiger charge is 2.56. The molecule has 3 fully saturated rings. The largest absolute Gasteiger partial charge is 0.481 e. The van der Waals surface area contributed by atoms with Crippen LogP contribution in [0.5, 0.6) is 0 Å². The van der Waals surface area contributed by atoms with Crippen LogP contribution in [0.2, 0.25) is 0 Å². The van der Waals surface area contributed by atoms with Crippen LogP contribution in [0.3, 0.4) is 0 Å². The summed E-state index contributed by atoms with van der Waals surface area (Å²) in [7, 11) is 0. The van der Waals surface area contributed by atoms with Crippen molar-refractivity contribution >= 4 is 11.9 Å². The van der Waals surface area contributed by atoms with Crippen LogP contribution in [0.25, 0.3) is 0 Å². The van der Waals surface area contributed by atoms with Gasteiger partial charge in [-0.15, -0.1) is 0 Å². The van der Waals surface area contributed by atoms with Gasteiger partial charge in [-0.25, -0.2) is 0 Å². The van der Waals surface area contributed by atoms with E-state index in [2.05, 4.69) is 5.32 Å². The number of carbonyl (C=O) groups excluding carboxylic acids is 1. The monoisotopic (exact) mass is 307 g/mol. The lowest BCUT2D eigenvalue weighted by atomic mass is 9.84. The Labute approximate surface area is 133 Å². The van der Waals surface area contributed by atoms with Crippen LogP contribution in [-0.4, -0.2) is 23.0 Å². The molecule has 0 heterocycles. The minimum absolute atomic E-state index is 0.0630. The van der Waals surface area contributed by atoms with Crippen LogP contribution in [0.1, 0.15) is 70.6 Å². The minimum Gasteiger partial charge on any atom is -0.481 e. The molecule has 3 aliphatic rings. The Morgan fingerprint density at radius 3 is 2.32 bits per heavy atom. The van der Waals surface area contributed by atoms with Crippen molar-refractivity contribution in [2.45, 2.75) is 76.7 Å². The fourth-order valence-electron chi connectivity index (χ4n) is 4.88. The maximum Gasteiger partial charge on any atom is 0.303 e. The van der Waals surface area contributed by atoms with Gasteiger partial charge in [-0.2, -0.15) is 0 Å². The molecule has 22 heavy (non-hydrogen) atoms. The maximum atomic E-state index is 12.5. The van der Waals surface area contributed by atoms with E-state index in [0.29, 0.717) is 24.2 Å². The van der Waals surface area contributed by atoms with Gasteiger partial charge in [0.25, 0.3) is 0 Å². The molecule has 0 bridgehead atoms. The molecule has 2 N–H and O–H groups in total. The summed E-state index contributed by atoms with van der Waals surface area (Å²) in [6.45, 7) is 0. The summed E-state index contributed by atoms with van der Waals surface area (Å²) in [5.41, 5.74) is 0. The third-order valence-corrected chi connectivity index (χ3v) is 6.10. The van der Waals surface area contributed by atoms with Crippen molar-refractivity contribution in [2.75, 3.05) is 0 Å². The summed E-state index contributed by atoms with van der Waals surface area (Å²) >= 11 is 0. The first-order valence-electron chi connectivity index (χ1n) is 9.17. The molecular weight excluding hydrogens is 278 g/mol. The number of hydrogen-bond donors (Lipinski definition) is 2. The standard InChI is InChI=1S/C18H29NO3/c20-16(21)10-9-13(11-12-5-2-1-3-6-12)19-18(22)17-14-7-4-8-15(14)17/h12-15,17H,1-11H2,(H,19,22)(H,20,21). The van der Waals surface area contributed by atoms with Crippen LogP contribution >= 0.6 is 0 Å². The van der Waals surface area contributed by atoms with Crippen LogP contribution in [0.15, 0.2) is 0 Å². The lowest BCUT2D eigenvalue weighted by Gasteiger charge is -2.27. The number of nitrogens with one attached hydrogen (secondary N) is 1. The second kappa shape index (κ2) is 7.01. The van der Waals surface area contributed by atoms with Gasteiger partial charge >= 0.3 is 5.97 Å². The molecule has 3 atom stereocenters. The van der Waals surface area contributed by atoms with E-state index >= 15 is 0 Å². The Morgan fingerprint density at radius 2 is 1.68 bits per heavy atom. The van der Waals surface area contributed by atoms with Crippen LogP contribution in [0, 0.1) is 23.7 Å². The molecule has 0 aromatic carbocycles. The first-order chi connectivity index (χ1) is 10.6. The number of fused-ring (bicyclic) bond motifs is 1. The van der Waals surface area contributed by atoms with Gasteiger partial charge in [0.05, 0.1) is 0 Å². The number of amides is 1. The van der Waals surface area contributed by atoms with E-state index in [1.807, 2.05) is 0 Å². The summed E-state index contributed by atoms with van der Waals surface area (Å²) in [6.07, 6.45) is 11.8. The van der Waals surface area contributed by atoms with Crippen LogP contribution in [0.4, 0.5) is 0 Å². The third kappa shape index (κ3) is 3.82. The highest BCUT2D eigenvalue weighted by atomic mass is 16.4. The summed E-state index contributed by atoms with van der Waals surface area (Å²) in [5, 5.41) is 12.2. The number of carbonyl (C=O) groups is 2. The van der Waals surface area contributed by atoms with Gasteiger partial charge in [0.2, 0.25) is 5.91 Å². The quantitative estimate of drug-likeness (QED) is 0.758. The van der Waals surface area contributed by atoms with Gasteiger partial charge in [-0.3, -0.25) is 9.59 Å². The van der Waals surface area contributed by atoms with E-state index in [9.17, 15) is 9.59 Å². The minimum atomic E-state index is -0.758. The Balaban J connectivity index is 1.50. The molecule has 0 saturated heterocycles. The summed E-state index contributed by atoms with van der Waals surface area (Å²) in [4.78, 5) is 23.3. The average Bonchev–Trinajstić information content (AvgIpc) is 2.99. The van der Waals surface area contributed by atoms with Crippen molar-refractivity contribution in [2.24, 2.45) is 23.7 Å². The predicted octanol–water partition coefficient (Wildman–Crippen LogP) is 3.35. The predicted molar refractivity (Wildman–Crippen MR) is 84.3 cm³/mol. The van der Waals surface area contributed by atoms with Gasteiger partial charge < -0.3 is 10.4 Å². The number of hydrogen-bond acceptors (Lipinski definition) is 2. The average molecular weight is 307 g/mol. The van der Waals surface area contributed by atoms with Crippen molar-refractivity contribution < 1.29 is 14.7 Å². The number of rotatable bonds is 7. The zero-order valence-electron chi connectivity index (χ0n) is 13.4. The van der Waals surface area contributed by atoms with Gasteiger partial charge in [0, 0.05) is 18.4 Å². The molecular formula is C18H29NO3. The fourth-order valence-corrected chi connectivity index (χ4v) is 4.88. The second-order valence-electron chi connectivity index (χ2n) is 7.66. The first kappa shape index (κ1) is 15.8. The molecule has 0 aliphatic heterocycles. The van der Waals surface area contributed by atoms with Crippen LogP contribution in [-0.2, 0) is 9.59 Å². The molecule has 3 rings (SSSR count). The zero-order valence-corrected chi connectivity index (χ0v) is 13.4. The van der Waals surface area contributed by atoms with Gasteiger partial charge in [-0.1, -0.05) is 38.5 Å². The molecule has 0 aromatic rings. The van der Waals surface area contributed by atoms with Crippen molar-refractivity contribution in [3.05, 3.63) is 0 Å². The van der Waals surface area contributed by atoms with E-state index in [4.69, 9.17) is 5.11 Å². The normalized spacial score (nSPS) is 32.3. The summed E-state index contributed by atoms with van der Waals surface area (Å²) in [6, 6.07) is 0.0630. The van der Waals surface area contributed by atoms with Crippen molar-refractivity contribution in [3.8, 4) is 0 Å². The summed E-state index contributed by atoms with van der Waals surface area (Å²) in [5.74, 6) is 1.63. The molecule has 124 valence electrons. The van der Waals surface area contributed by atoms with E-state index in [-0.39, 0.29) is 24.3 Å². The molecule has 3 aliphatic carbocycles. The van der Waals surface area contributed by atoms with E-state index in [1.165, 1.54) is 51.4 Å². The molecule has 0 aromatic heterocycles. The first-order valence-corrected chi connectivity index (χ1v) is 9.17. The Hall–Kier alpha value is -1.06. The molecule has 0 radical (unpaired) electrons. The van der Waals surface area contributed by atoms with E-state index in [1.54, 1.807) is 0 Å². The molecule has 3 saturated carbocycles. The zero-order chi connectivity index (χ0) is 15.5. The van der Waals surface area contributed by atoms with Crippen molar-refractivity contribution in [1.82, 2.24) is 5.32 Å². The number of carboxylic acid groups (broad SMARTS) is 1. The van der Waals surface area contributed by atoms with Crippen LogP contribution < -0.4 is 5.32 Å². The number of aliphatic carboxylic acids is 1. The van der Waals surface area contributed by atoms with E-state index in [0.717, 1.165) is 6.42 Å². The molecule has 4 nitrogen and oxygen atoms in total. The summed E-state index contributed by atoms with van der Waals surface area (Å²) < 4.78 is 0. The van der Waals surface area contributed by atoms with Crippen molar-refractivity contribution in [1.29, 1.82) is 0 Å². The second-order valence-corrected chi connectivity index (χ2v) is 7.66. The molecule has 4 heteroatoms. The highest BCUT2D eigenvalue weighted by molar-refractivity contribution is 5.82. The topological polar surface area (TPSA) is 66.4 Å². The molecule has 1 amide bonds. The lowest BCUT2D eigenvalue weighted by molar-refractivity contribution is -0.137. The Kier molecular flexibility index (Phi) is 5.04. The fraction of sp³-hybridized carbons (Fsp3) is 0.889. The van der Waals surface area contributed by atoms with Gasteiger partial charge in [0.15, 0.2) is 0 Å². The van der Waals surface area contributed by atoms with Gasteiger partial charge in [0.1, 0.15) is 0 Å². The third-order valence-electron chi connectivity index (χ3n) is 6.10. The van der Waals surface area contributed by atoms with Crippen molar-refractivity contribution in [3.63, 3.8) is 0 Å². The Morgan fingerprint density at radius 1 is 1.00 bits per heavy atom. The Bertz CT molecular complexity index is 407. The SMILES string of the molecule is O=C(O)CCC(CC1CCCCC1)NC(=O)C1C2CCCC21.